The van der Waals surface area contributed by atoms with Gasteiger partial charge in [0.2, 0.25) is 0 Å². The lowest BCUT2D eigenvalue weighted by atomic mass is 10.1. The van der Waals surface area contributed by atoms with E-state index in [0.29, 0.717) is 30.3 Å². The monoisotopic (exact) mass is 336 g/mol. The van der Waals surface area contributed by atoms with Gasteiger partial charge in [-0.3, -0.25) is 4.79 Å². The fourth-order valence-electron chi connectivity index (χ4n) is 2.25. The van der Waals surface area contributed by atoms with Crippen molar-refractivity contribution in [2.75, 3.05) is 13.2 Å². The number of hydrogen-bond donors (Lipinski definition) is 1. The molecule has 5 nitrogen and oxygen atoms in total. The summed E-state index contributed by atoms with van der Waals surface area (Å²) in [5, 5.41) is 8.93. The molecule has 128 valence electrons. The van der Waals surface area contributed by atoms with Crippen LogP contribution in [0.25, 0.3) is 6.08 Å². The number of hydrogen-bond acceptors (Lipinski definition) is 4. The lowest BCUT2D eigenvalue weighted by Crippen LogP contribution is -2.12. The van der Waals surface area contributed by atoms with Gasteiger partial charge in [-0.15, -0.1) is 0 Å². The average Bonchev–Trinajstić information content (AvgIpc) is 2.62. The molecular formula is C20H20N2O3. The third-order valence-electron chi connectivity index (χ3n) is 3.46. The molecule has 0 aliphatic rings. The zero-order valence-electron chi connectivity index (χ0n) is 14.1. The third kappa shape index (κ3) is 5.40. The van der Waals surface area contributed by atoms with Crippen molar-refractivity contribution in [2.45, 2.75) is 13.3 Å². The Morgan fingerprint density at radius 3 is 2.56 bits per heavy atom. The van der Waals surface area contributed by atoms with Crippen LogP contribution in [0.1, 0.15) is 18.1 Å². The van der Waals surface area contributed by atoms with Crippen molar-refractivity contribution in [3.8, 4) is 17.6 Å². The third-order valence-corrected chi connectivity index (χ3v) is 3.46. The number of nitrogens with zero attached hydrogens (tertiary/aromatic N) is 1. The first-order valence-corrected chi connectivity index (χ1v) is 7.99. The highest BCUT2D eigenvalue weighted by molar-refractivity contribution is 6.00. The van der Waals surface area contributed by atoms with Crippen LogP contribution < -0.4 is 15.2 Å². The van der Waals surface area contributed by atoms with Crippen LogP contribution in [0, 0.1) is 11.3 Å². The molecular weight excluding hydrogens is 316 g/mol. The zero-order valence-corrected chi connectivity index (χ0v) is 14.1. The molecule has 5 heteroatoms. The van der Waals surface area contributed by atoms with Crippen LogP contribution in [0.3, 0.4) is 0 Å². The molecule has 2 N–H and O–H groups in total. The Morgan fingerprint density at radius 1 is 1.16 bits per heavy atom. The second kappa shape index (κ2) is 9.14. The Bertz CT molecular complexity index is 792. The van der Waals surface area contributed by atoms with Crippen molar-refractivity contribution >= 4 is 12.0 Å². The van der Waals surface area contributed by atoms with E-state index in [0.717, 1.165) is 6.42 Å². The summed E-state index contributed by atoms with van der Waals surface area (Å²) in [6.45, 7) is 2.87. The van der Waals surface area contributed by atoms with Gasteiger partial charge in [0, 0.05) is 6.42 Å². The van der Waals surface area contributed by atoms with Gasteiger partial charge in [-0.25, -0.2) is 0 Å². The molecule has 0 aliphatic heterocycles. The molecule has 0 saturated heterocycles. The van der Waals surface area contributed by atoms with E-state index < -0.39 is 5.91 Å². The van der Waals surface area contributed by atoms with Crippen molar-refractivity contribution in [2.24, 2.45) is 5.73 Å². The van der Waals surface area contributed by atoms with Crippen molar-refractivity contribution in [3.05, 3.63) is 65.2 Å². The Kier molecular flexibility index (Phi) is 6.61. The van der Waals surface area contributed by atoms with E-state index in [9.17, 15) is 4.79 Å². The molecule has 0 spiro atoms. The normalized spacial score (nSPS) is 10.8. The summed E-state index contributed by atoms with van der Waals surface area (Å²) in [6.07, 6.45) is 2.22. The number of carbonyl (C=O) groups is 1. The van der Waals surface area contributed by atoms with Gasteiger partial charge < -0.3 is 15.2 Å². The Balaban J connectivity index is 2.13. The summed E-state index contributed by atoms with van der Waals surface area (Å²) in [5.41, 5.74) is 6.89. The van der Waals surface area contributed by atoms with Crippen LogP contribution in [0.15, 0.2) is 54.1 Å². The minimum absolute atomic E-state index is 0.111. The van der Waals surface area contributed by atoms with Crippen LogP contribution in [-0.2, 0) is 11.2 Å². The van der Waals surface area contributed by atoms with Crippen LogP contribution in [0.4, 0.5) is 0 Å². The first kappa shape index (κ1) is 18.1. The number of ether oxygens (including phenoxy) is 2. The van der Waals surface area contributed by atoms with Gasteiger partial charge in [-0.05, 0) is 36.3 Å². The molecule has 0 aliphatic carbocycles. The van der Waals surface area contributed by atoms with E-state index in [4.69, 9.17) is 20.5 Å². The van der Waals surface area contributed by atoms with E-state index in [1.165, 1.54) is 11.6 Å². The van der Waals surface area contributed by atoms with Crippen LogP contribution in [0.5, 0.6) is 11.5 Å². The molecule has 0 atom stereocenters. The SMILES string of the molecule is CCOc1cc(/C=C(/C#N)C(N)=O)ccc1OCCc1ccccc1. The quantitative estimate of drug-likeness (QED) is 0.593. The highest BCUT2D eigenvalue weighted by Crippen LogP contribution is 2.29. The number of nitriles is 1. The number of amides is 1. The summed E-state index contributed by atoms with van der Waals surface area (Å²) in [6, 6.07) is 17.1. The molecule has 25 heavy (non-hydrogen) atoms. The summed E-state index contributed by atoms with van der Waals surface area (Å²) < 4.78 is 11.4. The van der Waals surface area contributed by atoms with Crippen molar-refractivity contribution in [1.29, 1.82) is 5.26 Å². The van der Waals surface area contributed by atoms with Gasteiger partial charge in [0.1, 0.15) is 11.6 Å². The van der Waals surface area contributed by atoms with E-state index >= 15 is 0 Å². The van der Waals surface area contributed by atoms with Gasteiger partial charge in [-0.1, -0.05) is 36.4 Å². The second-order valence-electron chi connectivity index (χ2n) is 5.26. The average molecular weight is 336 g/mol. The minimum Gasteiger partial charge on any atom is -0.490 e. The first-order valence-electron chi connectivity index (χ1n) is 7.99. The van der Waals surface area contributed by atoms with Gasteiger partial charge >= 0.3 is 0 Å². The van der Waals surface area contributed by atoms with Crippen molar-refractivity contribution in [3.63, 3.8) is 0 Å². The van der Waals surface area contributed by atoms with Crippen molar-refractivity contribution in [1.82, 2.24) is 0 Å². The largest absolute Gasteiger partial charge is 0.490 e. The molecule has 2 aromatic rings. The standard InChI is InChI=1S/C20H20N2O3/c1-2-24-19-13-16(12-17(14-21)20(22)23)8-9-18(19)25-11-10-15-6-4-3-5-7-15/h3-9,12-13H,2,10-11H2,1H3,(H2,22,23)/b17-12-. The van der Waals surface area contributed by atoms with E-state index in [2.05, 4.69) is 0 Å². The Morgan fingerprint density at radius 2 is 1.92 bits per heavy atom. The predicted molar refractivity (Wildman–Crippen MR) is 96.0 cm³/mol. The van der Waals surface area contributed by atoms with Crippen molar-refractivity contribution < 1.29 is 14.3 Å². The van der Waals surface area contributed by atoms with Crippen LogP contribution in [-0.4, -0.2) is 19.1 Å². The second-order valence-corrected chi connectivity index (χ2v) is 5.26. The fraction of sp³-hybridized carbons (Fsp3) is 0.200. The molecule has 0 unspecified atom stereocenters. The van der Waals surface area contributed by atoms with E-state index in [1.807, 2.05) is 37.3 Å². The summed E-state index contributed by atoms with van der Waals surface area (Å²) in [4.78, 5) is 11.2. The Labute approximate surface area is 147 Å². The van der Waals surface area contributed by atoms with E-state index in [-0.39, 0.29) is 5.57 Å². The molecule has 0 heterocycles. The van der Waals surface area contributed by atoms with Gasteiger partial charge in [0.05, 0.1) is 13.2 Å². The molecule has 0 aromatic heterocycles. The summed E-state index contributed by atoms with van der Waals surface area (Å²) >= 11 is 0. The molecule has 0 saturated carbocycles. The lowest BCUT2D eigenvalue weighted by molar-refractivity contribution is -0.114. The Hall–Kier alpha value is -3.26. The van der Waals surface area contributed by atoms with Gasteiger partial charge in [0.25, 0.3) is 5.91 Å². The maximum absolute atomic E-state index is 11.2. The predicted octanol–water partition coefficient (Wildman–Crippen LogP) is 3.10. The molecule has 0 bridgehead atoms. The topological polar surface area (TPSA) is 85.3 Å². The summed E-state index contributed by atoms with van der Waals surface area (Å²) in [5.74, 6) is 0.419. The molecule has 1 amide bonds. The molecule has 0 fully saturated rings. The van der Waals surface area contributed by atoms with Gasteiger partial charge in [0.15, 0.2) is 11.5 Å². The minimum atomic E-state index is -0.761. The number of rotatable bonds is 8. The van der Waals surface area contributed by atoms with Crippen LogP contribution in [0.2, 0.25) is 0 Å². The molecule has 0 radical (unpaired) electrons. The number of primary amides is 1. The molecule has 2 aromatic carbocycles. The number of carbonyl (C=O) groups excluding carboxylic acids is 1. The van der Waals surface area contributed by atoms with E-state index in [1.54, 1.807) is 24.3 Å². The number of benzene rings is 2. The summed E-state index contributed by atoms with van der Waals surface area (Å²) in [7, 11) is 0. The maximum atomic E-state index is 11.2. The fourth-order valence-corrected chi connectivity index (χ4v) is 2.25. The zero-order chi connectivity index (χ0) is 18.1. The first-order chi connectivity index (χ1) is 12.1. The highest BCUT2D eigenvalue weighted by Gasteiger charge is 2.08. The molecule has 2 rings (SSSR count). The van der Waals surface area contributed by atoms with Gasteiger partial charge in [-0.2, -0.15) is 5.26 Å². The maximum Gasteiger partial charge on any atom is 0.259 e. The van der Waals surface area contributed by atoms with Crippen LogP contribution >= 0.6 is 0 Å². The number of nitrogens with two attached hydrogens (primary N) is 1. The lowest BCUT2D eigenvalue weighted by Gasteiger charge is -2.13. The smallest absolute Gasteiger partial charge is 0.259 e. The highest BCUT2D eigenvalue weighted by atomic mass is 16.5.